The van der Waals surface area contributed by atoms with Crippen LogP contribution in [0.5, 0.6) is 0 Å². The molecule has 0 atom stereocenters. The number of benzene rings is 2. The van der Waals surface area contributed by atoms with Crippen molar-refractivity contribution < 1.29 is 27.5 Å². The van der Waals surface area contributed by atoms with Crippen LogP contribution in [0.4, 0.5) is 5.69 Å². The maximum absolute atomic E-state index is 12.7. The van der Waals surface area contributed by atoms with Crippen LogP contribution < -0.4 is 9.62 Å². The average Bonchev–Trinajstić information content (AvgIpc) is 3.07. The first-order chi connectivity index (χ1) is 15.9. The van der Waals surface area contributed by atoms with E-state index in [0.29, 0.717) is 12.1 Å². The molecule has 0 amide bonds. The molecule has 33 heavy (non-hydrogen) atoms. The molecule has 9 heteroatoms. The molecule has 0 saturated heterocycles. The molecule has 0 radical (unpaired) electrons. The first kappa shape index (κ1) is 24.0. The number of ether oxygens (including phenoxy) is 2. The number of hydrogen-bond acceptors (Lipinski definition) is 7. The molecule has 1 N–H and O–H groups in total. The number of nitrogens with one attached hydrogen (secondary N) is 1. The van der Waals surface area contributed by atoms with Gasteiger partial charge in [-0.3, -0.25) is 0 Å². The molecule has 172 valence electrons. The van der Waals surface area contributed by atoms with Crippen molar-refractivity contribution in [2.75, 3.05) is 25.7 Å². The summed E-state index contributed by atoms with van der Waals surface area (Å²) in [5.74, 6) is -1.45. The normalized spacial score (nSPS) is 13.6. The summed E-state index contributed by atoms with van der Waals surface area (Å²) in [6, 6.07) is 15.5. The van der Waals surface area contributed by atoms with Gasteiger partial charge < -0.3 is 14.4 Å². The molecule has 0 spiro atoms. The lowest BCUT2D eigenvalue weighted by atomic mass is 10.1. The number of carbonyl (C=O) groups is 2. The highest BCUT2D eigenvalue weighted by Crippen LogP contribution is 2.27. The molecule has 3 rings (SSSR count). The predicted octanol–water partition coefficient (Wildman–Crippen LogP) is 2.70. The number of esters is 2. The molecular formula is C24H24N2O6S. The van der Waals surface area contributed by atoms with Gasteiger partial charge in [-0.2, -0.15) is 0 Å². The lowest BCUT2D eigenvalue weighted by molar-refractivity contribution is -0.139. The van der Waals surface area contributed by atoms with Crippen LogP contribution in [0.15, 0.2) is 95.2 Å². The van der Waals surface area contributed by atoms with Gasteiger partial charge in [0.25, 0.3) is 0 Å². The summed E-state index contributed by atoms with van der Waals surface area (Å²) in [5.41, 5.74) is 1.44. The van der Waals surface area contributed by atoms with Crippen molar-refractivity contribution in [1.29, 1.82) is 0 Å². The summed E-state index contributed by atoms with van der Waals surface area (Å²) < 4.78 is 37.6. The Hall–Kier alpha value is -3.69. The van der Waals surface area contributed by atoms with Crippen molar-refractivity contribution in [3.05, 3.63) is 95.9 Å². The van der Waals surface area contributed by atoms with Crippen molar-refractivity contribution in [3.63, 3.8) is 0 Å². The van der Waals surface area contributed by atoms with Gasteiger partial charge in [-0.15, -0.1) is 0 Å². The highest BCUT2D eigenvalue weighted by Gasteiger charge is 2.27. The summed E-state index contributed by atoms with van der Waals surface area (Å²) in [7, 11) is -1.31. The molecule has 0 aromatic heterocycles. The van der Waals surface area contributed by atoms with E-state index in [1.165, 1.54) is 37.3 Å². The van der Waals surface area contributed by atoms with Crippen molar-refractivity contribution in [1.82, 2.24) is 4.72 Å². The number of nitrogens with zero attached hydrogens (tertiary/aromatic N) is 1. The topological polar surface area (TPSA) is 102 Å². The molecule has 1 heterocycles. The molecule has 0 unspecified atom stereocenters. The van der Waals surface area contributed by atoms with E-state index >= 15 is 0 Å². The Morgan fingerprint density at radius 2 is 1.58 bits per heavy atom. The van der Waals surface area contributed by atoms with E-state index in [-0.39, 0.29) is 22.7 Å². The SMILES string of the molecule is COC(=O)C1=C(C(=O)OC)N(c2ccc(S(=O)(=O)NCCc3ccccc3)cc2)C=CC=C1. The first-order valence-corrected chi connectivity index (χ1v) is 11.5. The number of methoxy groups -OCH3 is 2. The summed E-state index contributed by atoms with van der Waals surface area (Å²) in [5, 5.41) is 0. The van der Waals surface area contributed by atoms with Gasteiger partial charge >= 0.3 is 11.9 Å². The largest absolute Gasteiger partial charge is 0.465 e. The van der Waals surface area contributed by atoms with Gasteiger partial charge in [-0.1, -0.05) is 36.4 Å². The van der Waals surface area contributed by atoms with Crippen LogP contribution in [-0.2, 0) is 35.5 Å². The standard InChI is InChI=1S/C24H24N2O6S/c1-31-23(27)21-10-6-7-17-26(22(21)24(28)32-2)19-11-13-20(14-12-19)33(29,30)25-16-15-18-8-4-3-5-9-18/h3-14,17,25H,15-16H2,1-2H3. The van der Waals surface area contributed by atoms with Crippen molar-refractivity contribution in [2.24, 2.45) is 0 Å². The number of rotatable bonds is 8. The third-order valence-electron chi connectivity index (χ3n) is 4.86. The van der Waals surface area contributed by atoms with E-state index in [0.717, 1.165) is 5.56 Å². The number of carbonyl (C=O) groups excluding carboxylic acids is 2. The van der Waals surface area contributed by atoms with E-state index in [1.54, 1.807) is 30.5 Å². The van der Waals surface area contributed by atoms with E-state index in [1.807, 2.05) is 30.3 Å². The average molecular weight is 469 g/mol. The quantitative estimate of drug-likeness (QED) is 0.595. The lowest BCUT2D eigenvalue weighted by Crippen LogP contribution is -2.27. The number of allylic oxidation sites excluding steroid dienone is 2. The van der Waals surface area contributed by atoms with E-state index in [9.17, 15) is 18.0 Å². The molecule has 1 aliphatic rings. The molecule has 0 saturated carbocycles. The zero-order valence-corrected chi connectivity index (χ0v) is 19.0. The maximum atomic E-state index is 12.7. The minimum absolute atomic E-state index is 0.00799. The smallest absolute Gasteiger partial charge is 0.355 e. The fraction of sp³-hybridized carbons (Fsp3) is 0.167. The Bertz CT molecular complexity index is 1200. The molecule has 1 aliphatic heterocycles. The van der Waals surface area contributed by atoms with Crippen LogP contribution in [-0.4, -0.2) is 41.1 Å². The minimum Gasteiger partial charge on any atom is -0.465 e. The highest BCUT2D eigenvalue weighted by atomic mass is 32.2. The van der Waals surface area contributed by atoms with Gasteiger partial charge in [0, 0.05) is 18.4 Å². The summed E-state index contributed by atoms with van der Waals surface area (Å²) in [6.45, 7) is 0.256. The van der Waals surface area contributed by atoms with E-state index in [4.69, 9.17) is 9.47 Å². The monoisotopic (exact) mass is 468 g/mol. The van der Waals surface area contributed by atoms with Crippen LogP contribution in [0.3, 0.4) is 0 Å². The molecule has 2 aromatic rings. The van der Waals surface area contributed by atoms with Crippen LogP contribution in [0.2, 0.25) is 0 Å². The van der Waals surface area contributed by atoms with Gasteiger partial charge in [0.15, 0.2) is 0 Å². The molecule has 0 bridgehead atoms. The second-order valence-corrected chi connectivity index (χ2v) is 8.71. The Balaban J connectivity index is 1.84. The fourth-order valence-electron chi connectivity index (χ4n) is 3.21. The molecule has 0 fully saturated rings. The molecule has 8 nitrogen and oxygen atoms in total. The summed E-state index contributed by atoms with van der Waals surface area (Å²) in [6.07, 6.45) is 6.80. The van der Waals surface area contributed by atoms with E-state index < -0.39 is 22.0 Å². The van der Waals surface area contributed by atoms with Crippen LogP contribution >= 0.6 is 0 Å². The van der Waals surface area contributed by atoms with Gasteiger partial charge in [0.1, 0.15) is 5.70 Å². The number of sulfonamides is 1. The van der Waals surface area contributed by atoms with Crippen molar-refractivity contribution in [2.45, 2.75) is 11.3 Å². The second kappa shape index (κ2) is 10.8. The summed E-state index contributed by atoms with van der Waals surface area (Å²) in [4.78, 5) is 26.2. The minimum atomic E-state index is -3.72. The van der Waals surface area contributed by atoms with Gasteiger partial charge in [0.05, 0.1) is 24.7 Å². The highest BCUT2D eigenvalue weighted by molar-refractivity contribution is 7.89. The lowest BCUT2D eigenvalue weighted by Gasteiger charge is -2.23. The van der Waals surface area contributed by atoms with Crippen LogP contribution in [0, 0.1) is 0 Å². The zero-order chi connectivity index (χ0) is 23.8. The Morgan fingerprint density at radius 3 is 2.21 bits per heavy atom. The van der Waals surface area contributed by atoms with Gasteiger partial charge in [0.2, 0.25) is 10.0 Å². The van der Waals surface area contributed by atoms with Gasteiger partial charge in [-0.05, 0) is 48.4 Å². The first-order valence-electron chi connectivity index (χ1n) is 10.1. The van der Waals surface area contributed by atoms with Crippen LogP contribution in [0.25, 0.3) is 0 Å². The van der Waals surface area contributed by atoms with Gasteiger partial charge in [-0.25, -0.2) is 22.7 Å². The van der Waals surface area contributed by atoms with Crippen molar-refractivity contribution in [3.8, 4) is 0 Å². The third-order valence-corrected chi connectivity index (χ3v) is 6.34. The Labute approximate surface area is 192 Å². The number of hydrogen-bond donors (Lipinski definition) is 1. The second-order valence-electron chi connectivity index (χ2n) is 6.94. The van der Waals surface area contributed by atoms with E-state index in [2.05, 4.69) is 4.72 Å². The van der Waals surface area contributed by atoms with Crippen LogP contribution in [0.1, 0.15) is 5.56 Å². The molecular weight excluding hydrogens is 444 g/mol. The Kier molecular flexibility index (Phi) is 7.81. The van der Waals surface area contributed by atoms with Crippen molar-refractivity contribution >= 4 is 27.6 Å². The predicted molar refractivity (Wildman–Crippen MR) is 124 cm³/mol. The molecule has 2 aromatic carbocycles. The summed E-state index contributed by atoms with van der Waals surface area (Å²) >= 11 is 0. The fourth-order valence-corrected chi connectivity index (χ4v) is 4.24. The number of anilines is 1. The Morgan fingerprint density at radius 1 is 0.909 bits per heavy atom. The molecule has 0 aliphatic carbocycles. The maximum Gasteiger partial charge on any atom is 0.355 e. The zero-order valence-electron chi connectivity index (χ0n) is 18.2. The third kappa shape index (κ3) is 5.76.